The maximum Gasteiger partial charge on any atom is 0.278 e. The Morgan fingerprint density at radius 1 is 1.39 bits per heavy atom. The maximum atomic E-state index is 11.1. The van der Waals surface area contributed by atoms with Crippen LogP contribution in [0, 0.1) is 10.1 Å². The minimum absolute atomic E-state index is 0.0748. The molecule has 0 fully saturated rings. The Morgan fingerprint density at radius 3 is 2.72 bits per heavy atom. The number of benzene rings is 1. The molecule has 5 heteroatoms. The van der Waals surface area contributed by atoms with Gasteiger partial charge in [0, 0.05) is 18.8 Å². The average Bonchev–Trinajstić information content (AvgIpc) is 2.83. The fourth-order valence-electron chi connectivity index (χ4n) is 1.72. The van der Waals surface area contributed by atoms with E-state index in [9.17, 15) is 10.1 Å². The lowest BCUT2D eigenvalue weighted by Crippen LogP contribution is -2.02. The summed E-state index contributed by atoms with van der Waals surface area (Å²) in [6, 6.07) is 10.6. The first kappa shape index (κ1) is 12.0. The summed E-state index contributed by atoms with van der Waals surface area (Å²) in [4.78, 5) is 10.8. The lowest BCUT2D eigenvalue weighted by atomic mass is 10.1. The van der Waals surface area contributed by atoms with Crippen LogP contribution >= 0.6 is 0 Å². The van der Waals surface area contributed by atoms with E-state index < -0.39 is 0 Å². The lowest BCUT2D eigenvalue weighted by molar-refractivity contribution is -0.374. The number of nitro groups is 1. The van der Waals surface area contributed by atoms with Gasteiger partial charge >= 0.3 is 0 Å². The number of hydrogen-bond acceptors (Lipinski definition) is 3. The van der Waals surface area contributed by atoms with Crippen molar-refractivity contribution in [2.75, 3.05) is 0 Å². The van der Waals surface area contributed by atoms with E-state index in [2.05, 4.69) is 5.10 Å². The highest BCUT2D eigenvalue weighted by molar-refractivity contribution is 5.75. The van der Waals surface area contributed by atoms with E-state index >= 15 is 0 Å². The fourth-order valence-corrected chi connectivity index (χ4v) is 1.72. The zero-order valence-corrected chi connectivity index (χ0v) is 9.98. The standard InChI is InChI=1S/C13H13N3O2/c1-2-15-12(8-9-14-15)10-13(16(17)18)11-6-4-3-5-7-11/h3-10H,2H2,1H3/b13-10+. The molecule has 0 unspecified atom stereocenters. The molecule has 2 aromatic rings. The predicted molar refractivity (Wildman–Crippen MR) is 69.2 cm³/mol. The van der Waals surface area contributed by atoms with Gasteiger partial charge in [0.15, 0.2) is 0 Å². The molecule has 0 saturated heterocycles. The molecule has 0 aliphatic heterocycles. The van der Waals surface area contributed by atoms with Gasteiger partial charge in [-0.15, -0.1) is 0 Å². The van der Waals surface area contributed by atoms with Crippen LogP contribution in [0.4, 0.5) is 0 Å². The SMILES string of the molecule is CCn1nccc1/C=C(\c1ccccc1)[N+](=O)[O-]. The van der Waals surface area contributed by atoms with Gasteiger partial charge in [0.2, 0.25) is 0 Å². The summed E-state index contributed by atoms with van der Waals surface area (Å²) in [5.41, 5.74) is 1.39. The van der Waals surface area contributed by atoms with Crippen LogP contribution in [0.5, 0.6) is 0 Å². The molecule has 1 heterocycles. The number of nitrogens with zero attached hydrogens (tertiary/aromatic N) is 3. The second-order valence-electron chi connectivity index (χ2n) is 3.72. The van der Waals surface area contributed by atoms with Crippen LogP contribution in [0.1, 0.15) is 18.2 Å². The summed E-state index contributed by atoms with van der Waals surface area (Å²) in [5, 5.41) is 15.2. The third-order valence-electron chi connectivity index (χ3n) is 2.60. The topological polar surface area (TPSA) is 61.0 Å². The summed E-state index contributed by atoms with van der Waals surface area (Å²) in [5.74, 6) is 0. The van der Waals surface area contributed by atoms with Crippen molar-refractivity contribution in [3.63, 3.8) is 0 Å². The molecule has 0 radical (unpaired) electrons. The summed E-state index contributed by atoms with van der Waals surface area (Å²) in [7, 11) is 0. The summed E-state index contributed by atoms with van der Waals surface area (Å²) < 4.78 is 1.71. The van der Waals surface area contributed by atoms with Gasteiger partial charge in [0.1, 0.15) is 0 Å². The molecule has 0 amide bonds. The predicted octanol–water partition coefficient (Wildman–Crippen LogP) is 2.68. The van der Waals surface area contributed by atoms with Crippen LogP contribution < -0.4 is 0 Å². The van der Waals surface area contributed by atoms with Crippen molar-refractivity contribution in [3.05, 3.63) is 64.0 Å². The Hall–Kier alpha value is -2.43. The van der Waals surface area contributed by atoms with E-state index in [1.54, 1.807) is 47.3 Å². The highest BCUT2D eigenvalue weighted by Gasteiger charge is 2.14. The largest absolute Gasteiger partial charge is 0.278 e. The number of rotatable bonds is 4. The monoisotopic (exact) mass is 243 g/mol. The van der Waals surface area contributed by atoms with E-state index in [4.69, 9.17) is 0 Å². The fraction of sp³-hybridized carbons (Fsp3) is 0.154. The Balaban J connectivity index is 2.46. The van der Waals surface area contributed by atoms with Gasteiger partial charge in [-0.2, -0.15) is 5.10 Å². The van der Waals surface area contributed by atoms with Gasteiger partial charge in [-0.05, 0) is 25.1 Å². The molecule has 0 aliphatic carbocycles. The molecule has 5 nitrogen and oxygen atoms in total. The molecule has 18 heavy (non-hydrogen) atoms. The second kappa shape index (κ2) is 5.27. The van der Waals surface area contributed by atoms with E-state index in [0.29, 0.717) is 12.1 Å². The van der Waals surface area contributed by atoms with Crippen molar-refractivity contribution >= 4 is 11.8 Å². The molecular weight excluding hydrogens is 230 g/mol. The van der Waals surface area contributed by atoms with Crippen LogP contribution in [0.15, 0.2) is 42.6 Å². The smallest absolute Gasteiger partial charge is 0.266 e. The molecule has 0 spiro atoms. The number of hydrogen-bond donors (Lipinski definition) is 0. The van der Waals surface area contributed by atoms with Crippen molar-refractivity contribution in [3.8, 4) is 0 Å². The second-order valence-corrected chi connectivity index (χ2v) is 3.72. The summed E-state index contributed by atoms with van der Waals surface area (Å²) >= 11 is 0. The summed E-state index contributed by atoms with van der Waals surface area (Å²) in [6.45, 7) is 2.62. The third-order valence-corrected chi connectivity index (χ3v) is 2.60. The molecule has 0 aliphatic rings. The summed E-state index contributed by atoms with van der Waals surface area (Å²) in [6.07, 6.45) is 3.18. The van der Waals surface area contributed by atoms with Crippen LogP contribution in [-0.4, -0.2) is 14.7 Å². The van der Waals surface area contributed by atoms with Crippen molar-refractivity contribution in [1.29, 1.82) is 0 Å². The minimum Gasteiger partial charge on any atom is -0.266 e. The van der Waals surface area contributed by atoms with Gasteiger partial charge in [0.25, 0.3) is 5.70 Å². The van der Waals surface area contributed by atoms with E-state index in [1.165, 1.54) is 0 Å². The zero-order valence-electron chi connectivity index (χ0n) is 9.98. The van der Waals surface area contributed by atoms with Crippen LogP contribution in [0.2, 0.25) is 0 Å². The molecule has 2 rings (SSSR count). The van der Waals surface area contributed by atoms with Gasteiger partial charge in [-0.25, -0.2) is 0 Å². The van der Waals surface area contributed by atoms with E-state index in [1.807, 2.05) is 13.0 Å². The van der Waals surface area contributed by atoms with Gasteiger partial charge in [-0.3, -0.25) is 14.8 Å². The van der Waals surface area contributed by atoms with Crippen LogP contribution in [-0.2, 0) is 6.54 Å². The molecule has 0 saturated carbocycles. The first-order chi connectivity index (χ1) is 8.72. The highest BCUT2D eigenvalue weighted by atomic mass is 16.6. The zero-order chi connectivity index (χ0) is 13.0. The molecule has 0 atom stereocenters. The highest BCUT2D eigenvalue weighted by Crippen LogP contribution is 2.18. The normalized spacial score (nSPS) is 11.5. The third kappa shape index (κ3) is 2.45. The molecule has 0 N–H and O–H groups in total. The van der Waals surface area contributed by atoms with Gasteiger partial charge in [-0.1, -0.05) is 18.2 Å². The molecule has 92 valence electrons. The maximum absolute atomic E-state index is 11.1. The Bertz CT molecular complexity index is 573. The van der Waals surface area contributed by atoms with Crippen molar-refractivity contribution in [2.45, 2.75) is 13.5 Å². The minimum atomic E-state index is -0.373. The first-order valence-electron chi connectivity index (χ1n) is 5.65. The molecular formula is C13H13N3O2. The average molecular weight is 243 g/mol. The van der Waals surface area contributed by atoms with Crippen molar-refractivity contribution < 1.29 is 4.92 Å². The van der Waals surface area contributed by atoms with Crippen LogP contribution in [0.3, 0.4) is 0 Å². The van der Waals surface area contributed by atoms with E-state index in [-0.39, 0.29) is 10.6 Å². The Labute approximate surface area is 105 Å². The quantitative estimate of drug-likeness (QED) is 0.612. The lowest BCUT2D eigenvalue weighted by Gasteiger charge is -2.01. The molecule has 1 aromatic carbocycles. The van der Waals surface area contributed by atoms with Gasteiger partial charge in [0.05, 0.1) is 16.2 Å². The molecule has 1 aromatic heterocycles. The van der Waals surface area contributed by atoms with Crippen LogP contribution in [0.25, 0.3) is 11.8 Å². The van der Waals surface area contributed by atoms with Crippen molar-refractivity contribution in [2.24, 2.45) is 0 Å². The molecule has 0 bridgehead atoms. The van der Waals surface area contributed by atoms with E-state index in [0.717, 1.165) is 5.69 Å². The Kier molecular flexibility index (Phi) is 3.52. The van der Waals surface area contributed by atoms with Gasteiger partial charge < -0.3 is 0 Å². The first-order valence-corrected chi connectivity index (χ1v) is 5.65. The number of aromatic nitrogens is 2. The Morgan fingerprint density at radius 2 is 2.11 bits per heavy atom. The van der Waals surface area contributed by atoms with Crippen molar-refractivity contribution in [1.82, 2.24) is 9.78 Å². The number of aryl methyl sites for hydroxylation is 1.